The molecular weight excluding hydrogens is 754 g/mol. The number of nitrogens with zero attached hydrogens (tertiary/aromatic N) is 1. The molecule has 0 bridgehead atoms. The van der Waals surface area contributed by atoms with Crippen molar-refractivity contribution in [1.82, 2.24) is 0 Å². The second-order valence-corrected chi connectivity index (χ2v) is 14.3. The summed E-state index contributed by atoms with van der Waals surface area (Å²) in [6.45, 7) is 3.18. The Morgan fingerprint density at radius 2 is 1.61 bits per heavy atom. The van der Waals surface area contributed by atoms with Gasteiger partial charge in [-0.1, -0.05) is 113 Å². The molecule has 1 N–H and O–H groups in total. The van der Waals surface area contributed by atoms with E-state index in [1.54, 1.807) is 13.8 Å². The lowest BCUT2D eigenvalue weighted by Gasteiger charge is -2.54. The van der Waals surface area contributed by atoms with Crippen LogP contribution in [0.2, 0.25) is 25.1 Å². The molecule has 1 saturated carbocycles. The molecular formula is C26H23Cl7FNO8S. The third-order valence-electron chi connectivity index (χ3n) is 7.10. The number of carbonyl (C=O) groups excluding carboxylic acids is 1. The first-order valence-electron chi connectivity index (χ1n) is 12.5. The summed E-state index contributed by atoms with van der Waals surface area (Å²) >= 11 is 43.6. The number of halogens is 8. The number of carboxylic acids is 1. The number of hydrogen-bond acceptors (Lipinski definition) is 8. The molecule has 242 valence electrons. The minimum absolute atomic E-state index is 0.0673. The third kappa shape index (κ3) is 6.73. The van der Waals surface area contributed by atoms with Crippen molar-refractivity contribution in [1.29, 1.82) is 0 Å². The number of benzene rings is 2. The SMILES string of the molecule is CCC(CC)[C@H]1[C@@](F)(Cl)C(=NOC)CC(OC(=O)c2ccc(Cl)cc2Cl)(C(=O)O)[C@@]1(Cl)OS(=O)(=O)c1cc(Cl)c(Cl)cc1Cl. The summed E-state index contributed by atoms with van der Waals surface area (Å²) in [5.41, 5.74) is -4.42. The van der Waals surface area contributed by atoms with Crippen LogP contribution in [0.25, 0.3) is 0 Å². The Balaban J connectivity index is 2.42. The zero-order chi connectivity index (χ0) is 33.4. The summed E-state index contributed by atoms with van der Waals surface area (Å²) in [6, 6.07) is 5.36. The van der Waals surface area contributed by atoms with Crippen molar-refractivity contribution in [3.63, 3.8) is 0 Å². The van der Waals surface area contributed by atoms with Crippen LogP contribution in [-0.4, -0.2) is 54.1 Å². The number of rotatable bonds is 10. The van der Waals surface area contributed by atoms with Crippen LogP contribution in [0.1, 0.15) is 43.5 Å². The van der Waals surface area contributed by atoms with Gasteiger partial charge in [-0.25, -0.2) is 18.2 Å². The summed E-state index contributed by atoms with van der Waals surface area (Å²) in [4.78, 5) is 30.7. The molecule has 2 aromatic rings. The standard InChI is InChI=1S/C26H23Cl7FNO8S/c1-4-12(5-2)21-25(32,34)20(35-41-3)11-24(23(37)38,42-22(36)14-7-6-13(27)8-15(14)28)26(21,33)43-44(39,40)19-10-17(30)16(29)9-18(19)31/h6-10,12,21H,4-5,11H2,1-3H3,(H,37,38)/t21-,24?,25+,26-/m0/s1. The zero-order valence-electron chi connectivity index (χ0n) is 22.8. The van der Waals surface area contributed by atoms with Crippen molar-refractivity contribution in [3.8, 4) is 0 Å². The van der Waals surface area contributed by atoms with Gasteiger partial charge in [-0.3, -0.25) is 0 Å². The van der Waals surface area contributed by atoms with E-state index >= 15 is 4.39 Å². The topological polar surface area (TPSA) is 129 Å². The van der Waals surface area contributed by atoms with E-state index < -0.39 is 77.3 Å². The van der Waals surface area contributed by atoms with Crippen molar-refractivity contribution < 1.29 is 41.3 Å². The maximum absolute atomic E-state index is 16.8. The predicted molar refractivity (Wildman–Crippen MR) is 167 cm³/mol. The van der Waals surface area contributed by atoms with E-state index in [-0.39, 0.29) is 32.9 Å². The Labute approximate surface area is 287 Å². The highest BCUT2D eigenvalue weighted by Gasteiger charge is 2.77. The van der Waals surface area contributed by atoms with Gasteiger partial charge < -0.3 is 14.7 Å². The summed E-state index contributed by atoms with van der Waals surface area (Å²) in [6.07, 6.45) is -1.10. The number of esters is 1. The molecule has 3 rings (SSSR count). The van der Waals surface area contributed by atoms with Crippen LogP contribution < -0.4 is 0 Å². The minimum atomic E-state index is -5.27. The number of aliphatic carboxylic acids is 1. The van der Waals surface area contributed by atoms with E-state index in [2.05, 4.69) is 5.16 Å². The van der Waals surface area contributed by atoms with Gasteiger partial charge in [0.1, 0.15) is 17.7 Å². The second kappa shape index (κ2) is 13.8. The van der Waals surface area contributed by atoms with Gasteiger partial charge in [-0.05, 0) is 36.2 Å². The summed E-state index contributed by atoms with van der Waals surface area (Å²) in [7, 11) is -4.24. The maximum Gasteiger partial charge on any atom is 0.353 e. The number of alkyl halides is 3. The van der Waals surface area contributed by atoms with E-state index in [1.165, 1.54) is 12.1 Å². The largest absolute Gasteiger partial charge is 0.478 e. The second-order valence-electron chi connectivity index (χ2n) is 9.60. The molecule has 1 unspecified atom stereocenters. The van der Waals surface area contributed by atoms with E-state index in [4.69, 9.17) is 95.0 Å². The predicted octanol–water partition coefficient (Wildman–Crippen LogP) is 8.64. The fraction of sp³-hybridized carbons (Fsp3) is 0.423. The number of carboxylic acid groups (broad SMARTS) is 1. The van der Waals surface area contributed by atoms with Crippen LogP contribution in [0.3, 0.4) is 0 Å². The molecule has 1 fully saturated rings. The average molecular weight is 777 g/mol. The molecule has 0 heterocycles. The van der Waals surface area contributed by atoms with Gasteiger partial charge in [0.25, 0.3) is 15.7 Å². The van der Waals surface area contributed by atoms with Crippen molar-refractivity contribution >= 4 is 109 Å². The molecule has 44 heavy (non-hydrogen) atoms. The molecule has 0 aliphatic heterocycles. The van der Waals surface area contributed by atoms with Gasteiger partial charge in [0.05, 0.1) is 31.6 Å². The van der Waals surface area contributed by atoms with Crippen molar-refractivity contribution in [2.45, 2.75) is 53.8 Å². The molecule has 2 aromatic carbocycles. The van der Waals surface area contributed by atoms with Gasteiger partial charge >= 0.3 is 11.9 Å². The van der Waals surface area contributed by atoms with Crippen LogP contribution in [0.4, 0.5) is 4.39 Å². The zero-order valence-corrected chi connectivity index (χ0v) is 29.0. The van der Waals surface area contributed by atoms with E-state index in [0.717, 1.165) is 25.3 Å². The minimum Gasteiger partial charge on any atom is -0.478 e. The molecule has 1 aliphatic rings. The lowest BCUT2D eigenvalue weighted by molar-refractivity contribution is -0.190. The Morgan fingerprint density at radius 1 is 1.02 bits per heavy atom. The van der Waals surface area contributed by atoms with E-state index in [9.17, 15) is 23.1 Å². The Morgan fingerprint density at radius 3 is 2.14 bits per heavy atom. The van der Waals surface area contributed by atoms with Gasteiger partial charge in [0.15, 0.2) is 0 Å². The van der Waals surface area contributed by atoms with Gasteiger partial charge in [0, 0.05) is 11.4 Å². The summed E-state index contributed by atoms with van der Waals surface area (Å²) in [5.74, 6) is -6.55. The molecule has 0 amide bonds. The first-order valence-corrected chi connectivity index (χ1v) is 16.6. The van der Waals surface area contributed by atoms with Crippen LogP contribution in [0, 0.1) is 11.8 Å². The summed E-state index contributed by atoms with van der Waals surface area (Å²) < 4.78 is 55.5. The molecule has 0 radical (unpaired) electrons. The first-order chi connectivity index (χ1) is 20.3. The number of hydrogen-bond donors (Lipinski definition) is 1. The monoisotopic (exact) mass is 773 g/mol. The number of ether oxygens (including phenoxy) is 1. The fourth-order valence-electron chi connectivity index (χ4n) is 4.96. The van der Waals surface area contributed by atoms with Crippen LogP contribution in [0.15, 0.2) is 40.4 Å². The van der Waals surface area contributed by atoms with Crippen LogP contribution >= 0.6 is 81.2 Å². The Kier molecular flexibility index (Phi) is 11.7. The molecule has 18 heteroatoms. The highest BCUT2D eigenvalue weighted by atomic mass is 35.5. The van der Waals surface area contributed by atoms with Crippen molar-refractivity contribution in [2.75, 3.05) is 7.11 Å². The van der Waals surface area contributed by atoms with Crippen LogP contribution in [-0.2, 0) is 28.7 Å². The summed E-state index contributed by atoms with van der Waals surface area (Å²) in [5, 5.41) is 6.75. The molecule has 9 nitrogen and oxygen atoms in total. The highest BCUT2D eigenvalue weighted by molar-refractivity contribution is 7.87. The Bertz CT molecular complexity index is 1600. The molecule has 1 aliphatic carbocycles. The molecule has 4 atom stereocenters. The van der Waals surface area contributed by atoms with Gasteiger partial charge in [-0.15, -0.1) is 0 Å². The molecule has 0 spiro atoms. The Hall–Kier alpha value is -1.28. The lowest BCUT2D eigenvalue weighted by Crippen LogP contribution is -2.73. The van der Waals surface area contributed by atoms with Gasteiger partial charge in [-0.2, -0.15) is 8.42 Å². The number of carbonyl (C=O) groups is 2. The maximum atomic E-state index is 16.8. The fourth-order valence-corrected chi connectivity index (χ4v) is 8.80. The van der Waals surface area contributed by atoms with Crippen molar-refractivity contribution in [3.05, 3.63) is 61.0 Å². The third-order valence-corrected chi connectivity index (χ3v) is 11.3. The van der Waals surface area contributed by atoms with Crippen molar-refractivity contribution in [2.24, 2.45) is 17.0 Å². The normalized spacial score (nSPS) is 26.5. The average Bonchev–Trinajstić information content (AvgIpc) is 2.91. The smallest absolute Gasteiger partial charge is 0.353 e. The van der Waals surface area contributed by atoms with E-state index in [1.807, 2.05) is 0 Å². The highest BCUT2D eigenvalue weighted by Crippen LogP contribution is 2.60. The lowest BCUT2D eigenvalue weighted by atomic mass is 9.66. The van der Waals surface area contributed by atoms with Crippen LogP contribution in [0.5, 0.6) is 0 Å². The van der Waals surface area contributed by atoms with Gasteiger partial charge in [0.2, 0.25) is 10.2 Å². The number of oxime groups is 1. The quantitative estimate of drug-likeness (QED) is 0.0836. The molecule has 0 saturated heterocycles. The molecule has 0 aromatic heterocycles. The first kappa shape index (κ1) is 37.2. The van der Waals surface area contributed by atoms with E-state index in [0.29, 0.717) is 0 Å².